The van der Waals surface area contributed by atoms with Crippen molar-refractivity contribution in [1.29, 1.82) is 0 Å². The van der Waals surface area contributed by atoms with E-state index in [9.17, 15) is 0 Å². The molecule has 1 aromatic rings. The highest BCUT2D eigenvalue weighted by molar-refractivity contribution is 7.98. The average Bonchev–Trinajstić information content (AvgIpc) is 2.80. The maximum Gasteiger partial charge on any atom is 0.0335 e. The Morgan fingerprint density at radius 3 is 2.82 bits per heavy atom. The third-order valence-corrected chi connectivity index (χ3v) is 3.54. The van der Waals surface area contributed by atoms with Crippen molar-refractivity contribution in [3.63, 3.8) is 0 Å². The lowest BCUT2D eigenvalue weighted by atomic mass is 10.1. The minimum Gasteiger partial charge on any atom is -0.353 e. The van der Waals surface area contributed by atoms with Crippen molar-refractivity contribution in [3.8, 4) is 0 Å². The molecule has 17 heavy (non-hydrogen) atoms. The van der Waals surface area contributed by atoms with Gasteiger partial charge in [-0.15, -0.1) is 0 Å². The van der Waals surface area contributed by atoms with Gasteiger partial charge >= 0.3 is 0 Å². The standard InChI is InChI=1S/C14H26N2S/c1-4-6-14(15-8-5-2)13-7-9-16(12-13)10-11-17-3/h7,9,12,14-15H,4-6,8,10-11H2,1-3H3. The van der Waals surface area contributed by atoms with E-state index < -0.39 is 0 Å². The Kier molecular flexibility index (Phi) is 7.45. The highest BCUT2D eigenvalue weighted by Crippen LogP contribution is 2.19. The summed E-state index contributed by atoms with van der Waals surface area (Å²) in [5, 5.41) is 3.64. The van der Waals surface area contributed by atoms with E-state index in [1.807, 2.05) is 11.8 Å². The fraction of sp³-hybridized carbons (Fsp3) is 0.714. The van der Waals surface area contributed by atoms with Crippen molar-refractivity contribution in [2.45, 2.75) is 45.7 Å². The molecule has 1 atom stereocenters. The van der Waals surface area contributed by atoms with Crippen molar-refractivity contribution in [3.05, 3.63) is 24.0 Å². The van der Waals surface area contributed by atoms with Crippen LogP contribution in [0.3, 0.4) is 0 Å². The molecule has 1 heterocycles. The lowest BCUT2D eigenvalue weighted by Crippen LogP contribution is -2.21. The minimum atomic E-state index is 0.537. The molecule has 1 unspecified atom stereocenters. The normalized spacial score (nSPS) is 12.9. The summed E-state index contributed by atoms with van der Waals surface area (Å²) in [5.74, 6) is 1.19. The van der Waals surface area contributed by atoms with E-state index in [4.69, 9.17) is 0 Å². The molecule has 0 amide bonds. The Balaban J connectivity index is 2.56. The molecule has 1 rings (SSSR count). The van der Waals surface area contributed by atoms with Crippen molar-refractivity contribution >= 4 is 11.8 Å². The highest BCUT2D eigenvalue weighted by Gasteiger charge is 2.10. The summed E-state index contributed by atoms with van der Waals surface area (Å²) < 4.78 is 2.31. The number of nitrogens with one attached hydrogen (secondary N) is 1. The lowest BCUT2D eigenvalue weighted by Gasteiger charge is -2.16. The molecule has 2 nitrogen and oxygen atoms in total. The van der Waals surface area contributed by atoms with Crippen molar-refractivity contribution in [1.82, 2.24) is 9.88 Å². The summed E-state index contributed by atoms with van der Waals surface area (Å²) >= 11 is 1.90. The minimum absolute atomic E-state index is 0.537. The SMILES string of the molecule is CCCNC(CCC)c1ccn(CCSC)c1. The van der Waals surface area contributed by atoms with Crippen LogP contribution in [-0.2, 0) is 6.54 Å². The van der Waals surface area contributed by atoms with Crippen LogP contribution in [0.25, 0.3) is 0 Å². The second-order valence-corrected chi connectivity index (χ2v) is 5.46. The fourth-order valence-electron chi connectivity index (χ4n) is 2.00. The zero-order valence-corrected chi connectivity index (χ0v) is 12.2. The average molecular weight is 254 g/mol. The molecule has 0 bridgehead atoms. The second kappa shape index (κ2) is 8.65. The Hall–Kier alpha value is -0.410. The summed E-state index contributed by atoms with van der Waals surface area (Å²) in [6, 6.07) is 2.80. The number of thioether (sulfide) groups is 1. The molecule has 3 heteroatoms. The first-order valence-corrected chi connectivity index (χ1v) is 8.09. The van der Waals surface area contributed by atoms with Gasteiger partial charge < -0.3 is 9.88 Å². The summed E-state index contributed by atoms with van der Waals surface area (Å²) in [7, 11) is 0. The molecule has 0 saturated carbocycles. The third kappa shape index (κ3) is 5.17. The van der Waals surface area contributed by atoms with Crippen molar-refractivity contribution in [2.75, 3.05) is 18.6 Å². The summed E-state index contributed by atoms with van der Waals surface area (Å²) in [5.41, 5.74) is 1.45. The predicted molar refractivity (Wildman–Crippen MR) is 78.8 cm³/mol. The molecule has 1 N–H and O–H groups in total. The number of hydrogen-bond acceptors (Lipinski definition) is 2. The molecular formula is C14H26N2S. The smallest absolute Gasteiger partial charge is 0.0335 e. The van der Waals surface area contributed by atoms with Crippen LogP contribution in [0.4, 0.5) is 0 Å². The van der Waals surface area contributed by atoms with Crippen molar-refractivity contribution in [2.24, 2.45) is 0 Å². The van der Waals surface area contributed by atoms with Gasteiger partial charge in [0.2, 0.25) is 0 Å². The molecule has 0 fully saturated rings. The van der Waals surface area contributed by atoms with E-state index in [-0.39, 0.29) is 0 Å². The van der Waals surface area contributed by atoms with Gasteiger partial charge in [0.05, 0.1) is 0 Å². The Labute approximate surface area is 110 Å². The van der Waals surface area contributed by atoms with Gasteiger partial charge in [-0.1, -0.05) is 20.3 Å². The zero-order chi connectivity index (χ0) is 12.5. The second-order valence-electron chi connectivity index (χ2n) is 4.47. The lowest BCUT2D eigenvalue weighted by molar-refractivity contribution is 0.493. The molecule has 0 aromatic carbocycles. The van der Waals surface area contributed by atoms with Gasteiger partial charge in [0, 0.05) is 30.7 Å². The topological polar surface area (TPSA) is 17.0 Å². The zero-order valence-electron chi connectivity index (χ0n) is 11.4. The first-order chi connectivity index (χ1) is 8.31. The summed E-state index contributed by atoms with van der Waals surface area (Å²) in [4.78, 5) is 0. The fourth-order valence-corrected chi connectivity index (χ4v) is 2.39. The molecule has 98 valence electrons. The molecular weight excluding hydrogens is 228 g/mol. The molecule has 1 aromatic heterocycles. The van der Waals surface area contributed by atoms with E-state index in [2.05, 4.69) is 48.4 Å². The number of hydrogen-bond donors (Lipinski definition) is 1. The van der Waals surface area contributed by atoms with Gasteiger partial charge in [-0.2, -0.15) is 11.8 Å². The van der Waals surface area contributed by atoms with Crippen LogP contribution in [0.1, 0.15) is 44.7 Å². The van der Waals surface area contributed by atoms with E-state index >= 15 is 0 Å². The largest absolute Gasteiger partial charge is 0.353 e. The maximum atomic E-state index is 3.64. The van der Waals surface area contributed by atoms with Crippen LogP contribution in [0.5, 0.6) is 0 Å². The maximum absolute atomic E-state index is 3.64. The molecule has 0 aliphatic carbocycles. The number of aryl methyl sites for hydroxylation is 1. The van der Waals surface area contributed by atoms with Crippen LogP contribution < -0.4 is 5.32 Å². The van der Waals surface area contributed by atoms with Crippen LogP contribution in [0, 0.1) is 0 Å². The van der Waals surface area contributed by atoms with Gasteiger partial charge in [-0.25, -0.2) is 0 Å². The monoisotopic (exact) mass is 254 g/mol. The number of aromatic nitrogens is 1. The molecule has 0 saturated heterocycles. The molecule has 0 spiro atoms. The van der Waals surface area contributed by atoms with Gasteiger partial charge in [0.15, 0.2) is 0 Å². The number of nitrogens with zero attached hydrogens (tertiary/aromatic N) is 1. The third-order valence-electron chi connectivity index (χ3n) is 2.95. The van der Waals surface area contributed by atoms with E-state index in [0.29, 0.717) is 6.04 Å². The molecule has 0 aliphatic rings. The number of rotatable bonds is 9. The summed E-state index contributed by atoms with van der Waals surface area (Å²) in [6.45, 7) is 6.71. The molecule has 0 aliphatic heterocycles. The van der Waals surface area contributed by atoms with Crippen LogP contribution >= 0.6 is 11.8 Å². The van der Waals surface area contributed by atoms with Gasteiger partial charge in [0.1, 0.15) is 0 Å². The van der Waals surface area contributed by atoms with Crippen LogP contribution in [0.15, 0.2) is 18.5 Å². The Morgan fingerprint density at radius 1 is 1.35 bits per heavy atom. The Morgan fingerprint density at radius 2 is 2.18 bits per heavy atom. The van der Waals surface area contributed by atoms with Crippen LogP contribution in [0.2, 0.25) is 0 Å². The highest BCUT2D eigenvalue weighted by atomic mass is 32.2. The quantitative estimate of drug-likeness (QED) is 0.724. The van der Waals surface area contributed by atoms with Crippen LogP contribution in [-0.4, -0.2) is 23.1 Å². The first-order valence-electron chi connectivity index (χ1n) is 6.69. The first kappa shape index (κ1) is 14.7. The van der Waals surface area contributed by atoms with Gasteiger partial charge in [0.25, 0.3) is 0 Å². The van der Waals surface area contributed by atoms with E-state index in [1.165, 1.54) is 30.6 Å². The van der Waals surface area contributed by atoms with E-state index in [0.717, 1.165) is 13.1 Å². The van der Waals surface area contributed by atoms with Gasteiger partial charge in [-0.3, -0.25) is 0 Å². The predicted octanol–water partition coefficient (Wildman–Crippen LogP) is 3.69. The van der Waals surface area contributed by atoms with Gasteiger partial charge in [-0.05, 0) is 37.3 Å². The summed E-state index contributed by atoms with van der Waals surface area (Å²) in [6.07, 6.45) is 10.3. The molecule has 0 radical (unpaired) electrons. The van der Waals surface area contributed by atoms with E-state index in [1.54, 1.807) is 0 Å². The van der Waals surface area contributed by atoms with Crippen molar-refractivity contribution < 1.29 is 0 Å². The Bertz CT molecular complexity index is 296.